The van der Waals surface area contributed by atoms with Crippen molar-refractivity contribution in [3.8, 4) is 5.75 Å². The Morgan fingerprint density at radius 2 is 1.70 bits per heavy atom. The maximum Gasteiger partial charge on any atom is 0.253 e. The van der Waals surface area contributed by atoms with Crippen LogP contribution in [0.3, 0.4) is 0 Å². The summed E-state index contributed by atoms with van der Waals surface area (Å²) in [5.41, 5.74) is 2.88. The van der Waals surface area contributed by atoms with E-state index in [2.05, 4.69) is 15.6 Å². The molecule has 2 aromatic carbocycles. The van der Waals surface area contributed by atoms with E-state index in [4.69, 9.17) is 4.74 Å². The summed E-state index contributed by atoms with van der Waals surface area (Å²) in [6.45, 7) is 3.89. The second-order valence-corrected chi connectivity index (χ2v) is 6.26. The van der Waals surface area contributed by atoms with Gasteiger partial charge in [0.1, 0.15) is 5.75 Å². The van der Waals surface area contributed by atoms with Crippen molar-refractivity contribution in [2.24, 2.45) is 4.99 Å². The number of rotatable bonds is 7. The predicted molar refractivity (Wildman–Crippen MR) is 109 cm³/mol. The van der Waals surface area contributed by atoms with Gasteiger partial charge in [-0.1, -0.05) is 24.3 Å². The van der Waals surface area contributed by atoms with E-state index >= 15 is 0 Å². The molecule has 0 fully saturated rings. The van der Waals surface area contributed by atoms with Crippen molar-refractivity contribution in [1.82, 2.24) is 15.5 Å². The van der Waals surface area contributed by atoms with Gasteiger partial charge >= 0.3 is 0 Å². The monoisotopic (exact) mass is 368 g/mol. The Morgan fingerprint density at radius 1 is 1.04 bits per heavy atom. The summed E-state index contributed by atoms with van der Waals surface area (Å²) in [5.74, 6) is 1.58. The van der Waals surface area contributed by atoms with Crippen LogP contribution in [-0.4, -0.2) is 44.5 Å². The number of guanidine groups is 1. The standard InChI is InChI=1S/C21H28N4O2/c1-5-27-19-8-6-7-17(13-19)15-24-21(22-2)23-14-16-9-11-18(12-10-16)20(26)25(3)4/h6-13H,5,14-15H2,1-4H3,(H2,22,23,24). The van der Waals surface area contributed by atoms with E-state index in [1.54, 1.807) is 26.0 Å². The van der Waals surface area contributed by atoms with Gasteiger partial charge in [-0.2, -0.15) is 0 Å². The van der Waals surface area contributed by atoms with Crippen molar-refractivity contribution in [1.29, 1.82) is 0 Å². The Morgan fingerprint density at radius 3 is 2.30 bits per heavy atom. The molecule has 6 nitrogen and oxygen atoms in total. The number of nitrogens with one attached hydrogen (secondary N) is 2. The van der Waals surface area contributed by atoms with Gasteiger partial charge in [-0.15, -0.1) is 0 Å². The fourth-order valence-corrected chi connectivity index (χ4v) is 2.53. The maximum atomic E-state index is 11.9. The van der Waals surface area contributed by atoms with Gasteiger partial charge in [0.15, 0.2) is 5.96 Å². The molecular formula is C21H28N4O2. The number of amides is 1. The maximum absolute atomic E-state index is 11.9. The lowest BCUT2D eigenvalue weighted by atomic mass is 10.1. The van der Waals surface area contributed by atoms with Crippen molar-refractivity contribution < 1.29 is 9.53 Å². The van der Waals surface area contributed by atoms with Gasteiger partial charge < -0.3 is 20.3 Å². The van der Waals surface area contributed by atoms with Crippen LogP contribution in [0.25, 0.3) is 0 Å². The number of carbonyl (C=O) groups is 1. The minimum atomic E-state index is 0.00117. The molecule has 0 heterocycles. The second kappa shape index (κ2) is 10.2. The van der Waals surface area contributed by atoms with Crippen LogP contribution in [0.5, 0.6) is 5.75 Å². The van der Waals surface area contributed by atoms with E-state index in [0.717, 1.165) is 16.9 Å². The van der Waals surface area contributed by atoms with Crippen LogP contribution in [-0.2, 0) is 13.1 Å². The first-order valence-corrected chi connectivity index (χ1v) is 9.00. The van der Waals surface area contributed by atoms with Crippen molar-refractivity contribution >= 4 is 11.9 Å². The van der Waals surface area contributed by atoms with Crippen LogP contribution in [0.2, 0.25) is 0 Å². The summed E-state index contributed by atoms with van der Waals surface area (Å²) in [7, 11) is 5.24. The van der Waals surface area contributed by atoms with Crippen LogP contribution in [0, 0.1) is 0 Å². The van der Waals surface area contributed by atoms with Gasteiger partial charge in [0.25, 0.3) is 5.91 Å². The Balaban J connectivity index is 1.87. The molecule has 0 aliphatic heterocycles. The molecule has 1 amide bonds. The zero-order valence-electron chi connectivity index (χ0n) is 16.5. The van der Waals surface area contributed by atoms with E-state index in [1.165, 1.54) is 0 Å². The van der Waals surface area contributed by atoms with Gasteiger partial charge in [-0.3, -0.25) is 9.79 Å². The summed E-state index contributed by atoms with van der Waals surface area (Å²) >= 11 is 0. The SMILES string of the molecule is CCOc1cccc(CNC(=NC)NCc2ccc(C(=O)N(C)C)cc2)c1. The number of carbonyl (C=O) groups excluding carboxylic acids is 1. The highest BCUT2D eigenvalue weighted by atomic mass is 16.5. The minimum absolute atomic E-state index is 0.00117. The third-order valence-electron chi connectivity index (χ3n) is 3.96. The van der Waals surface area contributed by atoms with E-state index in [0.29, 0.717) is 31.2 Å². The molecule has 0 unspecified atom stereocenters. The average Bonchev–Trinajstić information content (AvgIpc) is 2.68. The highest BCUT2D eigenvalue weighted by Gasteiger charge is 2.07. The first kappa shape index (κ1) is 20.3. The Kier molecular flexibility index (Phi) is 7.67. The quantitative estimate of drug-likeness (QED) is 0.582. The Labute approximate surface area is 161 Å². The van der Waals surface area contributed by atoms with Gasteiger partial charge in [0, 0.05) is 39.8 Å². The first-order chi connectivity index (χ1) is 13.0. The smallest absolute Gasteiger partial charge is 0.253 e. The Bertz CT molecular complexity index is 770. The van der Waals surface area contributed by atoms with Crippen molar-refractivity contribution in [3.63, 3.8) is 0 Å². The fraction of sp³-hybridized carbons (Fsp3) is 0.333. The summed E-state index contributed by atoms with van der Waals surface area (Å²) in [6, 6.07) is 15.6. The van der Waals surface area contributed by atoms with Crippen LogP contribution < -0.4 is 15.4 Å². The topological polar surface area (TPSA) is 66.0 Å². The minimum Gasteiger partial charge on any atom is -0.494 e. The lowest BCUT2D eigenvalue weighted by Crippen LogP contribution is -2.36. The first-order valence-electron chi connectivity index (χ1n) is 9.00. The third kappa shape index (κ3) is 6.33. The molecule has 27 heavy (non-hydrogen) atoms. The molecular weight excluding hydrogens is 340 g/mol. The molecule has 0 saturated carbocycles. The van der Waals surface area contributed by atoms with E-state index in [-0.39, 0.29) is 5.91 Å². The van der Waals surface area contributed by atoms with E-state index < -0.39 is 0 Å². The number of ether oxygens (including phenoxy) is 1. The molecule has 2 aromatic rings. The van der Waals surface area contributed by atoms with Crippen molar-refractivity contribution in [3.05, 3.63) is 65.2 Å². The molecule has 6 heteroatoms. The number of hydrogen-bond donors (Lipinski definition) is 2. The third-order valence-corrected chi connectivity index (χ3v) is 3.96. The van der Waals surface area contributed by atoms with Gasteiger partial charge in [-0.05, 0) is 42.3 Å². The highest BCUT2D eigenvalue weighted by molar-refractivity contribution is 5.93. The average molecular weight is 368 g/mol. The molecule has 0 atom stereocenters. The molecule has 144 valence electrons. The molecule has 0 aliphatic rings. The summed E-state index contributed by atoms with van der Waals surface area (Å²) < 4.78 is 5.53. The molecule has 0 aliphatic carbocycles. The second-order valence-electron chi connectivity index (χ2n) is 6.26. The number of benzene rings is 2. The largest absolute Gasteiger partial charge is 0.494 e. The van der Waals surface area contributed by atoms with Crippen molar-refractivity contribution in [2.75, 3.05) is 27.7 Å². The van der Waals surface area contributed by atoms with Crippen LogP contribution in [0.4, 0.5) is 0 Å². The summed E-state index contributed by atoms with van der Waals surface area (Å²) in [5, 5.41) is 6.57. The Hall–Kier alpha value is -3.02. The van der Waals surface area contributed by atoms with Gasteiger partial charge in [0.2, 0.25) is 0 Å². The molecule has 2 rings (SSSR count). The molecule has 0 saturated heterocycles. The number of aliphatic imine (C=N–C) groups is 1. The number of nitrogens with zero attached hydrogens (tertiary/aromatic N) is 2. The van der Waals surface area contributed by atoms with Crippen LogP contribution in [0.15, 0.2) is 53.5 Å². The molecule has 0 aromatic heterocycles. The van der Waals surface area contributed by atoms with Gasteiger partial charge in [-0.25, -0.2) is 0 Å². The predicted octanol–water partition coefficient (Wildman–Crippen LogP) is 2.65. The lowest BCUT2D eigenvalue weighted by Gasteiger charge is -2.13. The number of hydrogen-bond acceptors (Lipinski definition) is 3. The van der Waals surface area contributed by atoms with E-state index in [9.17, 15) is 4.79 Å². The van der Waals surface area contributed by atoms with Crippen LogP contribution in [0.1, 0.15) is 28.4 Å². The fourth-order valence-electron chi connectivity index (χ4n) is 2.53. The molecule has 0 spiro atoms. The lowest BCUT2D eigenvalue weighted by molar-refractivity contribution is 0.0827. The normalized spacial score (nSPS) is 11.0. The molecule has 0 bridgehead atoms. The molecule has 0 radical (unpaired) electrons. The zero-order chi connectivity index (χ0) is 19.6. The van der Waals surface area contributed by atoms with E-state index in [1.807, 2.05) is 55.5 Å². The highest BCUT2D eigenvalue weighted by Crippen LogP contribution is 2.13. The van der Waals surface area contributed by atoms with Crippen LogP contribution >= 0.6 is 0 Å². The summed E-state index contributed by atoms with van der Waals surface area (Å²) in [4.78, 5) is 17.7. The molecule has 2 N–H and O–H groups in total. The van der Waals surface area contributed by atoms with Gasteiger partial charge in [0.05, 0.1) is 6.61 Å². The zero-order valence-corrected chi connectivity index (χ0v) is 16.5. The van der Waals surface area contributed by atoms with Crippen molar-refractivity contribution in [2.45, 2.75) is 20.0 Å². The summed E-state index contributed by atoms with van der Waals surface area (Å²) in [6.07, 6.45) is 0.